The smallest absolute Gasteiger partial charge is 0.336 e. The first-order valence-electron chi connectivity index (χ1n) is 8.09. The number of pyridine rings is 1. The molecule has 3 aromatic rings. The van der Waals surface area contributed by atoms with Gasteiger partial charge in [0.1, 0.15) is 5.75 Å². The molecule has 0 bridgehead atoms. The van der Waals surface area contributed by atoms with Crippen molar-refractivity contribution >= 4 is 38.5 Å². The van der Waals surface area contributed by atoms with Gasteiger partial charge in [0.2, 0.25) is 10.0 Å². The van der Waals surface area contributed by atoms with Crippen molar-refractivity contribution < 1.29 is 23.1 Å². The molecule has 1 aromatic heterocycles. The molecule has 0 fully saturated rings. The number of rotatable bonds is 5. The van der Waals surface area contributed by atoms with Gasteiger partial charge in [0.05, 0.1) is 28.8 Å². The molecule has 0 aliphatic carbocycles. The molecular formula is C19H17ClN2O5S. The van der Waals surface area contributed by atoms with Gasteiger partial charge in [-0.1, -0.05) is 11.6 Å². The summed E-state index contributed by atoms with van der Waals surface area (Å²) in [5, 5.41) is 10.4. The van der Waals surface area contributed by atoms with Crippen LogP contribution in [0.5, 0.6) is 5.75 Å². The summed E-state index contributed by atoms with van der Waals surface area (Å²) >= 11 is 6.07. The first-order valence-corrected chi connectivity index (χ1v) is 9.91. The van der Waals surface area contributed by atoms with Crippen molar-refractivity contribution in [2.45, 2.75) is 4.90 Å². The van der Waals surface area contributed by atoms with Crippen LogP contribution in [0.2, 0.25) is 5.02 Å². The summed E-state index contributed by atoms with van der Waals surface area (Å²) in [5.74, 6) is -0.714. The van der Waals surface area contributed by atoms with Crippen molar-refractivity contribution in [3.8, 4) is 17.0 Å². The first kappa shape index (κ1) is 20.1. The molecule has 9 heteroatoms. The Morgan fingerprint density at radius 1 is 1.14 bits per heavy atom. The van der Waals surface area contributed by atoms with Crippen LogP contribution in [0.1, 0.15) is 10.4 Å². The van der Waals surface area contributed by atoms with Crippen LogP contribution in [0.3, 0.4) is 0 Å². The van der Waals surface area contributed by atoms with Crippen molar-refractivity contribution in [3.63, 3.8) is 0 Å². The number of carboxylic acids is 1. The Balaban J connectivity index is 2.31. The van der Waals surface area contributed by atoms with Gasteiger partial charge in [0.25, 0.3) is 0 Å². The highest BCUT2D eigenvalue weighted by atomic mass is 35.5. The lowest BCUT2D eigenvalue weighted by molar-refractivity contribution is 0.0699. The Morgan fingerprint density at radius 3 is 2.46 bits per heavy atom. The number of carboxylic acid groups (broad SMARTS) is 1. The van der Waals surface area contributed by atoms with Crippen LogP contribution < -0.4 is 4.74 Å². The van der Waals surface area contributed by atoms with Crippen LogP contribution in [0.4, 0.5) is 0 Å². The highest BCUT2D eigenvalue weighted by molar-refractivity contribution is 7.89. The molecule has 0 unspecified atom stereocenters. The molecule has 1 N–H and O–H groups in total. The van der Waals surface area contributed by atoms with E-state index in [0.717, 1.165) is 4.31 Å². The van der Waals surface area contributed by atoms with E-state index in [-0.39, 0.29) is 15.8 Å². The van der Waals surface area contributed by atoms with E-state index in [9.17, 15) is 18.3 Å². The second-order valence-electron chi connectivity index (χ2n) is 6.17. The predicted molar refractivity (Wildman–Crippen MR) is 107 cm³/mol. The molecule has 0 saturated heterocycles. The number of sulfonamides is 1. The number of benzene rings is 2. The van der Waals surface area contributed by atoms with Crippen molar-refractivity contribution in [2.24, 2.45) is 0 Å². The van der Waals surface area contributed by atoms with E-state index in [4.69, 9.17) is 16.3 Å². The quantitative estimate of drug-likeness (QED) is 0.678. The standard InChI is InChI=1S/C19H17ClN2O5S/c1-22(2)28(25,26)12-5-6-16-13(9-12)14(19(23)24)10-17(21-16)15-8-11(20)4-7-18(15)27-3/h4-10H,1-3H3,(H,23,24). The fourth-order valence-electron chi connectivity index (χ4n) is 2.77. The van der Waals surface area contributed by atoms with Crippen molar-refractivity contribution in [1.82, 2.24) is 9.29 Å². The molecule has 0 atom stereocenters. The van der Waals surface area contributed by atoms with Gasteiger partial charge >= 0.3 is 5.97 Å². The summed E-state index contributed by atoms with van der Waals surface area (Å²) in [7, 11) is 0.590. The van der Waals surface area contributed by atoms with E-state index < -0.39 is 16.0 Å². The number of nitrogens with zero attached hydrogens (tertiary/aromatic N) is 2. The number of fused-ring (bicyclic) bond motifs is 1. The average molecular weight is 421 g/mol. The van der Waals surface area contributed by atoms with Gasteiger partial charge in [-0.2, -0.15) is 0 Å². The molecule has 146 valence electrons. The SMILES string of the molecule is COc1ccc(Cl)cc1-c1cc(C(=O)O)c2cc(S(=O)(=O)N(C)C)ccc2n1. The van der Waals surface area contributed by atoms with Crippen LogP contribution >= 0.6 is 11.6 Å². The van der Waals surface area contributed by atoms with E-state index in [1.165, 1.54) is 45.5 Å². The average Bonchev–Trinajstić information content (AvgIpc) is 2.66. The Kier molecular flexibility index (Phi) is 5.29. The molecule has 0 aliphatic rings. The van der Waals surface area contributed by atoms with Crippen LogP contribution in [0.15, 0.2) is 47.4 Å². The Hall–Kier alpha value is -2.68. The second kappa shape index (κ2) is 7.38. The minimum Gasteiger partial charge on any atom is -0.496 e. The van der Waals surface area contributed by atoms with Gasteiger partial charge in [0.15, 0.2) is 0 Å². The summed E-state index contributed by atoms with van der Waals surface area (Å²) in [6, 6.07) is 10.5. The second-order valence-corrected chi connectivity index (χ2v) is 8.76. The van der Waals surface area contributed by atoms with E-state index in [1.54, 1.807) is 18.2 Å². The monoisotopic (exact) mass is 420 g/mol. The maximum Gasteiger partial charge on any atom is 0.336 e. The van der Waals surface area contributed by atoms with Crippen LogP contribution in [-0.4, -0.2) is 50.0 Å². The fourth-order valence-corrected chi connectivity index (χ4v) is 3.87. The highest BCUT2D eigenvalue weighted by Crippen LogP contribution is 2.34. The third-order valence-electron chi connectivity index (χ3n) is 4.23. The van der Waals surface area contributed by atoms with Crippen molar-refractivity contribution in [3.05, 3.63) is 53.1 Å². The number of methoxy groups -OCH3 is 1. The van der Waals surface area contributed by atoms with E-state index >= 15 is 0 Å². The molecule has 0 saturated carbocycles. The van der Waals surface area contributed by atoms with Crippen molar-refractivity contribution in [1.29, 1.82) is 0 Å². The maximum atomic E-state index is 12.4. The van der Waals surface area contributed by atoms with E-state index in [2.05, 4.69) is 4.98 Å². The molecule has 0 amide bonds. The lowest BCUT2D eigenvalue weighted by atomic mass is 10.0. The molecule has 0 aliphatic heterocycles. The first-order chi connectivity index (χ1) is 13.1. The molecule has 7 nitrogen and oxygen atoms in total. The minimum atomic E-state index is -3.71. The zero-order valence-electron chi connectivity index (χ0n) is 15.3. The Bertz CT molecular complexity index is 1190. The number of aromatic nitrogens is 1. The number of carbonyl (C=O) groups is 1. The number of hydrogen-bond donors (Lipinski definition) is 1. The van der Waals surface area contributed by atoms with E-state index in [0.29, 0.717) is 27.5 Å². The minimum absolute atomic E-state index is 0.0117. The number of hydrogen-bond acceptors (Lipinski definition) is 5. The summed E-state index contributed by atoms with van der Waals surface area (Å²) in [5.41, 5.74) is 1.16. The molecular weight excluding hydrogens is 404 g/mol. The van der Waals surface area contributed by atoms with Gasteiger partial charge < -0.3 is 9.84 Å². The van der Waals surface area contributed by atoms with Crippen LogP contribution in [-0.2, 0) is 10.0 Å². The lowest BCUT2D eigenvalue weighted by Crippen LogP contribution is -2.22. The highest BCUT2D eigenvalue weighted by Gasteiger charge is 2.21. The molecule has 3 rings (SSSR count). The number of ether oxygens (including phenoxy) is 1. The summed E-state index contributed by atoms with van der Waals surface area (Å²) in [4.78, 5) is 16.4. The molecule has 0 radical (unpaired) electrons. The third-order valence-corrected chi connectivity index (χ3v) is 6.27. The molecule has 2 aromatic carbocycles. The van der Waals surface area contributed by atoms with Crippen LogP contribution in [0.25, 0.3) is 22.2 Å². The molecule has 28 heavy (non-hydrogen) atoms. The Morgan fingerprint density at radius 2 is 1.86 bits per heavy atom. The van der Waals surface area contributed by atoms with Gasteiger partial charge in [0, 0.05) is 30.1 Å². The van der Waals surface area contributed by atoms with Gasteiger partial charge in [-0.15, -0.1) is 0 Å². The molecule has 1 heterocycles. The fraction of sp³-hybridized carbons (Fsp3) is 0.158. The van der Waals surface area contributed by atoms with Gasteiger partial charge in [-0.05, 0) is 42.5 Å². The van der Waals surface area contributed by atoms with Gasteiger partial charge in [-0.25, -0.2) is 22.5 Å². The van der Waals surface area contributed by atoms with Crippen LogP contribution in [0, 0.1) is 0 Å². The zero-order chi connectivity index (χ0) is 20.6. The predicted octanol–water partition coefficient (Wildman–Crippen LogP) is 3.51. The maximum absolute atomic E-state index is 12.4. The largest absolute Gasteiger partial charge is 0.496 e. The zero-order valence-corrected chi connectivity index (χ0v) is 16.9. The summed E-state index contributed by atoms with van der Waals surface area (Å²) < 4.78 is 31.2. The van der Waals surface area contributed by atoms with Gasteiger partial charge in [-0.3, -0.25) is 0 Å². The summed E-state index contributed by atoms with van der Waals surface area (Å²) in [6.45, 7) is 0. The van der Waals surface area contributed by atoms with Crippen molar-refractivity contribution in [2.75, 3.05) is 21.2 Å². The number of aromatic carboxylic acids is 1. The summed E-state index contributed by atoms with van der Waals surface area (Å²) in [6.07, 6.45) is 0. The van der Waals surface area contributed by atoms with E-state index in [1.807, 2.05) is 0 Å². The number of halogens is 1. The molecule has 0 spiro atoms. The Labute approximate surface area is 167 Å². The topological polar surface area (TPSA) is 96.8 Å². The third kappa shape index (κ3) is 3.54. The normalized spacial score (nSPS) is 11.8. The lowest BCUT2D eigenvalue weighted by Gasteiger charge is -2.14.